The summed E-state index contributed by atoms with van der Waals surface area (Å²) in [4.78, 5) is 0.223. The van der Waals surface area contributed by atoms with Crippen LogP contribution in [0.3, 0.4) is 0 Å². The molecule has 21 heavy (non-hydrogen) atoms. The first-order valence-corrected chi connectivity index (χ1v) is 8.25. The molecule has 0 fully saturated rings. The van der Waals surface area contributed by atoms with Crippen molar-refractivity contribution in [3.63, 3.8) is 0 Å². The number of aromatic nitrogens is 1. The van der Waals surface area contributed by atoms with Gasteiger partial charge in [-0.15, -0.1) is 0 Å². The van der Waals surface area contributed by atoms with Gasteiger partial charge in [0.05, 0.1) is 17.1 Å². The first-order valence-electron chi connectivity index (χ1n) is 6.77. The van der Waals surface area contributed by atoms with E-state index in [9.17, 15) is 8.42 Å². The van der Waals surface area contributed by atoms with Crippen molar-refractivity contribution in [3.8, 4) is 0 Å². The predicted octanol–water partition coefficient (Wildman–Crippen LogP) is 2.28. The number of benzene rings is 1. The highest BCUT2D eigenvalue weighted by molar-refractivity contribution is 7.89. The summed E-state index contributed by atoms with van der Waals surface area (Å²) >= 11 is 0. The smallest absolute Gasteiger partial charge is 0.240 e. The Balaban J connectivity index is 2.01. The number of nitrogens with one attached hydrogen (secondary N) is 2. The summed E-state index contributed by atoms with van der Waals surface area (Å²) in [7, 11) is -3.55. The fourth-order valence-electron chi connectivity index (χ4n) is 1.77. The molecule has 0 unspecified atom stereocenters. The van der Waals surface area contributed by atoms with Gasteiger partial charge in [0.25, 0.3) is 0 Å². The van der Waals surface area contributed by atoms with Gasteiger partial charge >= 0.3 is 0 Å². The third-order valence-electron chi connectivity index (χ3n) is 2.86. The molecule has 0 aliphatic rings. The van der Waals surface area contributed by atoms with Crippen LogP contribution < -0.4 is 10.0 Å². The van der Waals surface area contributed by atoms with E-state index in [2.05, 4.69) is 22.1 Å². The molecule has 0 aliphatic heterocycles. The lowest BCUT2D eigenvalue weighted by molar-refractivity contribution is 0.377. The summed E-state index contributed by atoms with van der Waals surface area (Å²) in [5.74, 6) is 0.484. The number of sulfonamides is 1. The van der Waals surface area contributed by atoms with E-state index in [0.29, 0.717) is 5.76 Å². The van der Waals surface area contributed by atoms with E-state index in [-0.39, 0.29) is 11.4 Å². The maximum Gasteiger partial charge on any atom is 0.240 e. The number of hydrogen-bond acceptors (Lipinski definition) is 5. The molecule has 2 aromatic rings. The molecule has 0 atom stereocenters. The van der Waals surface area contributed by atoms with Gasteiger partial charge in [0, 0.05) is 18.3 Å². The van der Waals surface area contributed by atoms with Crippen LogP contribution in [0.4, 0.5) is 5.69 Å². The van der Waals surface area contributed by atoms with E-state index < -0.39 is 10.0 Å². The molecule has 2 N–H and O–H groups in total. The van der Waals surface area contributed by atoms with Gasteiger partial charge in [0.1, 0.15) is 0 Å². The van der Waals surface area contributed by atoms with E-state index >= 15 is 0 Å². The summed E-state index contributed by atoms with van der Waals surface area (Å²) in [6.45, 7) is 4.79. The van der Waals surface area contributed by atoms with Crippen LogP contribution in [0.25, 0.3) is 0 Å². The van der Waals surface area contributed by atoms with Gasteiger partial charge in [-0.3, -0.25) is 0 Å². The Morgan fingerprint density at radius 1 is 1.24 bits per heavy atom. The van der Waals surface area contributed by atoms with Crippen LogP contribution in [0.15, 0.2) is 39.8 Å². The van der Waals surface area contributed by atoms with Crippen LogP contribution in [0.5, 0.6) is 0 Å². The molecule has 0 aliphatic carbocycles. The second-order valence-electron chi connectivity index (χ2n) is 4.71. The van der Waals surface area contributed by atoms with Crippen molar-refractivity contribution in [2.75, 3.05) is 11.9 Å². The third kappa shape index (κ3) is 4.30. The Morgan fingerprint density at radius 3 is 2.52 bits per heavy atom. The highest BCUT2D eigenvalue weighted by Gasteiger charge is 2.14. The largest absolute Gasteiger partial charge is 0.385 e. The molecule has 1 aromatic heterocycles. The SMILES string of the molecule is CCCNc1ccc(S(=O)(=O)NCc2cc(C)no2)cc1. The minimum Gasteiger partial charge on any atom is -0.385 e. The molecule has 0 amide bonds. The number of aryl methyl sites for hydroxylation is 1. The summed E-state index contributed by atoms with van der Waals surface area (Å²) in [6, 6.07) is 8.35. The van der Waals surface area contributed by atoms with Crippen LogP contribution >= 0.6 is 0 Å². The summed E-state index contributed by atoms with van der Waals surface area (Å²) in [5.41, 5.74) is 1.62. The predicted molar refractivity (Wildman–Crippen MR) is 80.5 cm³/mol. The fraction of sp³-hybridized carbons (Fsp3) is 0.357. The van der Waals surface area contributed by atoms with E-state index in [1.165, 1.54) is 0 Å². The van der Waals surface area contributed by atoms with Crippen LogP contribution in [-0.4, -0.2) is 20.1 Å². The molecule has 1 aromatic carbocycles. The van der Waals surface area contributed by atoms with E-state index in [0.717, 1.165) is 24.3 Å². The van der Waals surface area contributed by atoms with Crippen molar-refractivity contribution in [2.24, 2.45) is 0 Å². The highest BCUT2D eigenvalue weighted by Crippen LogP contribution is 2.14. The maximum atomic E-state index is 12.1. The highest BCUT2D eigenvalue weighted by atomic mass is 32.2. The average Bonchev–Trinajstić information content (AvgIpc) is 2.89. The van der Waals surface area contributed by atoms with Gasteiger partial charge in [-0.1, -0.05) is 12.1 Å². The van der Waals surface area contributed by atoms with Crippen LogP contribution in [0, 0.1) is 6.92 Å². The van der Waals surface area contributed by atoms with Gasteiger partial charge < -0.3 is 9.84 Å². The Morgan fingerprint density at radius 2 is 1.95 bits per heavy atom. The molecule has 0 radical (unpaired) electrons. The summed E-state index contributed by atoms with van der Waals surface area (Å²) in [6.07, 6.45) is 1.01. The molecule has 6 nitrogen and oxygen atoms in total. The van der Waals surface area contributed by atoms with Crippen molar-refractivity contribution >= 4 is 15.7 Å². The first kappa shape index (κ1) is 15.5. The summed E-state index contributed by atoms with van der Waals surface area (Å²) in [5, 5.41) is 6.91. The van der Waals surface area contributed by atoms with E-state index in [1.807, 2.05) is 0 Å². The normalized spacial score (nSPS) is 11.5. The molecular weight excluding hydrogens is 290 g/mol. The molecule has 0 saturated carbocycles. The molecule has 0 bridgehead atoms. The summed E-state index contributed by atoms with van der Waals surface area (Å²) < 4.78 is 31.7. The maximum absolute atomic E-state index is 12.1. The van der Waals surface area contributed by atoms with Gasteiger partial charge in [-0.2, -0.15) is 0 Å². The number of nitrogens with zero attached hydrogens (tertiary/aromatic N) is 1. The molecular formula is C14H19N3O3S. The Labute approximate surface area is 124 Å². The van der Waals surface area contributed by atoms with Crippen molar-refractivity contribution < 1.29 is 12.9 Å². The minimum atomic E-state index is -3.55. The fourth-order valence-corrected chi connectivity index (χ4v) is 2.76. The molecule has 2 rings (SSSR count). The zero-order valence-electron chi connectivity index (χ0n) is 12.1. The number of hydrogen-bond donors (Lipinski definition) is 2. The van der Waals surface area contributed by atoms with Crippen LogP contribution in [0.2, 0.25) is 0 Å². The lowest BCUT2D eigenvalue weighted by atomic mass is 10.3. The number of anilines is 1. The van der Waals surface area contributed by atoms with Crippen molar-refractivity contribution in [1.82, 2.24) is 9.88 Å². The average molecular weight is 309 g/mol. The second kappa shape index (κ2) is 6.73. The van der Waals surface area contributed by atoms with Gasteiger partial charge in [-0.05, 0) is 37.6 Å². The van der Waals surface area contributed by atoms with Gasteiger partial charge in [0.2, 0.25) is 10.0 Å². The molecule has 0 saturated heterocycles. The molecule has 7 heteroatoms. The molecule has 0 spiro atoms. The van der Waals surface area contributed by atoms with Crippen molar-refractivity contribution in [3.05, 3.63) is 41.8 Å². The lowest BCUT2D eigenvalue weighted by Crippen LogP contribution is -2.23. The first-order chi connectivity index (χ1) is 10.0. The standard InChI is InChI=1S/C14H19N3O3S/c1-3-8-15-12-4-6-14(7-5-12)21(18,19)16-10-13-9-11(2)17-20-13/h4-7,9,15-16H,3,8,10H2,1-2H3. The zero-order chi connectivity index (χ0) is 15.3. The Hall–Kier alpha value is -1.86. The topological polar surface area (TPSA) is 84.2 Å². The van der Waals surface area contributed by atoms with E-state index in [4.69, 9.17) is 4.52 Å². The third-order valence-corrected chi connectivity index (χ3v) is 4.27. The second-order valence-corrected chi connectivity index (χ2v) is 6.48. The van der Waals surface area contributed by atoms with Gasteiger partial charge in [0.15, 0.2) is 5.76 Å². The Kier molecular flexibility index (Phi) is 4.98. The van der Waals surface area contributed by atoms with Crippen molar-refractivity contribution in [2.45, 2.75) is 31.7 Å². The molecule has 114 valence electrons. The molecule has 1 heterocycles. The monoisotopic (exact) mass is 309 g/mol. The minimum absolute atomic E-state index is 0.0824. The van der Waals surface area contributed by atoms with Crippen LogP contribution in [-0.2, 0) is 16.6 Å². The van der Waals surface area contributed by atoms with Crippen LogP contribution in [0.1, 0.15) is 24.8 Å². The number of rotatable bonds is 7. The zero-order valence-corrected chi connectivity index (χ0v) is 12.9. The van der Waals surface area contributed by atoms with E-state index in [1.54, 1.807) is 37.3 Å². The van der Waals surface area contributed by atoms with Gasteiger partial charge in [-0.25, -0.2) is 13.1 Å². The Bertz CT molecular complexity index is 678. The quantitative estimate of drug-likeness (QED) is 0.819. The lowest BCUT2D eigenvalue weighted by Gasteiger charge is -2.07. The van der Waals surface area contributed by atoms with Crippen molar-refractivity contribution in [1.29, 1.82) is 0 Å².